The molecule has 1 aromatic carbocycles. The first-order valence-corrected chi connectivity index (χ1v) is 7.48. The number of nitrogens with two attached hydrogens (primary N) is 1. The normalized spacial score (nSPS) is 31.3. The monoisotopic (exact) mass is 273 g/mol. The maximum absolute atomic E-state index is 12.9. The Kier molecular flexibility index (Phi) is 3.21. The van der Waals surface area contributed by atoms with Gasteiger partial charge in [-0.25, -0.2) is 12.8 Å². The van der Waals surface area contributed by atoms with Crippen molar-refractivity contribution in [3.05, 3.63) is 35.6 Å². The van der Waals surface area contributed by atoms with E-state index in [1.165, 1.54) is 25.5 Å². The highest BCUT2D eigenvalue weighted by molar-refractivity contribution is 7.91. The van der Waals surface area contributed by atoms with Crippen LogP contribution in [0, 0.1) is 5.82 Å². The van der Waals surface area contributed by atoms with E-state index in [4.69, 9.17) is 10.5 Å². The van der Waals surface area contributed by atoms with Crippen molar-refractivity contribution in [1.82, 2.24) is 0 Å². The van der Waals surface area contributed by atoms with Crippen LogP contribution in [0.5, 0.6) is 0 Å². The lowest BCUT2D eigenvalue weighted by Crippen LogP contribution is -2.35. The SMILES string of the molecule is COC[C@]1(N)[C@@H](c2ccc(F)cc2)[C@@H]1S(C)(=O)=O. The lowest BCUT2D eigenvalue weighted by molar-refractivity contribution is 0.171. The topological polar surface area (TPSA) is 69.4 Å². The highest BCUT2D eigenvalue weighted by atomic mass is 32.2. The second-order valence-corrected chi connectivity index (χ2v) is 6.99. The predicted molar refractivity (Wildman–Crippen MR) is 66.6 cm³/mol. The van der Waals surface area contributed by atoms with Gasteiger partial charge in [-0.05, 0) is 17.7 Å². The first kappa shape index (κ1) is 13.5. The van der Waals surface area contributed by atoms with Gasteiger partial charge in [-0.2, -0.15) is 0 Å². The lowest BCUT2D eigenvalue weighted by atomic mass is 10.1. The van der Waals surface area contributed by atoms with Crippen molar-refractivity contribution in [1.29, 1.82) is 0 Å². The summed E-state index contributed by atoms with van der Waals surface area (Å²) in [4.78, 5) is 0. The van der Waals surface area contributed by atoms with E-state index < -0.39 is 20.6 Å². The molecule has 2 N–H and O–H groups in total. The van der Waals surface area contributed by atoms with E-state index in [-0.39, 0.29) is 18.3 Å². The summed E-state index contributed by atoms with van der Waals surface area (Å²) in [6, 6.07) is 5.76. The van der Waals surface area contributed by atoms with Gasteiger partial charge >= 0.3 is 0 Å². The molecule has 0 heterocycles. The van der Waals surface area contributed by atoms with E-state index in [1.807, 2.05) is 0 Å². The number of halogens is 1. The number of hydrogen-bond donors (Lipinski definition) is 1. The molecular weight excluding hydrogens is 257 g/mol. The molecule has 18 heavy (non-hydrogen) atoms. The average molecular weight is 273 g/mol. The zero-order valence-electron chi connectivity index (χ0n) is 10.3. The molecule has 3 atom stereocenters. The smallest absolute Gasteiger partial charge is 0.152 e. The third-order valence-electron chi connectivity index (χ3n) is 3.39. The molecule has 0 aromatic heterocycles. The van der Waals surface area contributed by atoms with Crippen LogP contribution in [0.2, 0.25) is 0 Å². The summed E-state index contributed by atoms with van der Waals surface area (Å²) in [5.74, 6) is -0.697. The summed E-state index contributed by atoms with van der Waals surface area (Å²) in [5, 5.41) is -0.671. The maximum atomic E-state index is 12.9. The second kappa shape index (κ2) is 4.29. The van der Waals surface area contributed by atoms with Crippen LogP contribution >= 0.6 is 0 Å². The summed E-state index contributed by atoms with van der Waals surface area (Å²) in [6.07, 6.45) is 1.17. The van der Waals surface area contributed by atoms with Crippen molar-refractivity contribution < 1.29 is 17.5 Å². The summed E-state index contributed by atoms with van der Waals surface area (Å²) in [7, 11) is -1.79. The predicted octanol–water partition coefficient (Wildman–Crippen LogP) is 0.680. The van der Waals surface area contributed by atoms with E-state index in [0.29, 0.717) is 0 Å². The molecule has 1 aliphatic carbocycles. The molecule has 4 nitrogen and oxygen atoms in total. The van der Waals surface area contributed by atoms with Crippen LogP contribution in [0.4, 0.5) is 4.39 Å². The number of benzene rings is 1. The van der Waals surface area contributed by atoms with Gasteiger partial charge < -0.3 is 10.5 Å². The highest BCUT2D eigenvalue weighted by Crippen LogP contribution is 2.53. The Balaban J connectivity index is 2.35. The van der Waals surface area contributed by atoms with Crippen molar-refractivity contribution in [3.63, 3.8) is 0 Å². The molecule has 1 fully saturated rings. The molecule has 0 spiro atoms. The molecule has 0 saturated heterocycles. The number of rotatable bonds is 4. The van der Waals surface area contributed by atoms with Gasteiger partial charge in [0, 0.05) is 19.3 Å². The molecule has 0 unspecified atom stereocenters. The van der Waals surface area contributed by atoms with Crippen molar-refractivity contribution in [2.45, 2.75) is 16.7 Å². The van der Waals surface area contributed by atoms with E-state index >= 15 is 0 Å². The number of ether oxygens (including phenoxy) is 1. The van der Waals surface area contributed by atoms with E-state index in [0.717, 1.165) is 5.56 Å². The molecule has 6 heteroatoms. The Morgan fingerprint density at radius 3 is 2.39 bits per heavy atom. The molecule has 1 aliphatic rings. The van der Waals surface area contributed by atoms with E-state index in [1.54, 1.807) is 12.1 Å². The number of hydrogen-bond acceptors (Lipinski definition) is 4. The van der Waals surface area contributed by atoms with Gasteiger partial charge in [-0.3, -0.25) is 0 Å². The fourth-order valence-electron chi connectivity index (χ4n) is 2.65. The fraction of sp³-hybridized carbons (Fsp3) is 0.500. The van der Waals surface area contributed by atoms with Crippen LogP contribution in [0.3, 0.4) is 0 Å². The van der Waals surface area contributed by atoms with Crippen LogP contribution < -0.4 is 5.73 Å². The van der Waals surface area contributed by atoms with Crippen molar-refractivity contribution in [3.8, 4) is 0 Å². The van der Waals surface area contributed by atoms with Crippen LogP contribution in [-0.4, -0.2) is 39.2 Å². The number of sulfone groups is 1. The Morgan fingerprint density at radius 1 is 1.39 bits per heavy atom. The molecule has 0 radical (unpaired) electrons. The van der Waals surface area contributed by atoms with Gasteiger partial charge in [0.15, 0.2) is 9.84 Å². The van der Waals surface area contributed by atoms with Crippen LogP contribution in [0.1, 0.15) is 11.5 Å². The number of methoxy groups -OCH3 is 1. The molecule has 1 saturated carbocycles. The van der Waals surface area contributed by atoms with Crippen molar-refractivity contribution in [2.75, 3.05) is 20.0 Å². The van der Waals surface area contributed by atoms with Gasteiger partial charge in [-0.1, -0.05) is 12.1 Å². The van der Waals surface area contributed by atoms with Crippen molar-refractivity contribution >= 4 is 9.84 Å². The Bertz CT molecular complexity index is 543. The Morgan fingerprint density at radius 2 is 1.94 bits per heavy atom. The summed E-state index contributed by atoms with van der Waals surface area (Å²) in [5.41, 5.74) is 5.92. The zero-order valence-corrected chi connectivity index (χ0v) is 11.1. The lowest BCUT2D eigenvalue weighted by Gasteiger charge is -2.10. The molecule has 0 aliphatic heterocycles. The van der Waals surface area contributed by atoms with Gasteiger partial charge in [0.05, 0.1) is 17.4 Å². The van der Waals surface area contributed by atoms with Crippen LogP contribution in [0.25, 0.3) is 0 Å². The minimum atomic E-state index is -3.27. The zero-order chi connectivity index (χ0) is 13.6. The third kappa shape index (κ3) is 2.15. The second-order valence-electron chi connectivity index (χ2n) is 4.82. The summed E-state index contributed by atoms with van der Waals surface area (Å²) < 4.78 is 41.3. The largest absolute Gasteiger partial charge is 0.383 e. The average Bonchev–Trinajstić information content (AvgIpc) is 2.86. The highest BCUT2D eigenvalue weighted by Gasteiger charge is 2.67. The first-order chi connectivity index (χ1) is 8.30. The van der Waals surface area contributed by atoms with E-state index in [2.05, 4.69) is 0 Å². The van der Waals surface area contributed by atoms with Gasteiger partial charge in [-0.15, -0.1) is 0 Å². The summed E-state index contributed by atoms with van der Waals surface area (Å²) >= 11 is 0. The van der Waals surface area contributed by atoms with Gasteiger partial charge in [0.2, 0.25) is 0 Å². The minimum Gasteiger partial charge on any atom is -0.383 e. The summed E-state index contributed by atoms with van der Waals surface area (Å²) in [6.45, 7) is 0.160. The quantitative estimate of drug-likeness (QED) is 0.876. The van der Waals surface area contributed by atoms with Crippen molar-refractivity contribution in [2.24, 2.45) is 5.73 Å². The van der Waals surface area contributed by atoms with Gasteiger partial charge in [0.1, 0.15) is 5.82 Å². The molecular formula is C12H16FNO3S. The first-order valence-electron chi connectivity index (χ1n) is 5.53. The van der Waals surface area contributed by atoms with Gasteiger partial charge in [0.25, 0.3) is 0 Å². The maximum Gasteiger partial charge on any atom is 0.152 e. The van der Waals surface area contributed by atoms with Crippen LogP contribution in [-0.2, 0) is 14.6 Å². The molecule has 1 aromatic rings. The fourth-order valence-corrected chi connectivity index (χ4v) is 4.48. The van der Waals surface area contributed by atoms with Crippen LogP contribution in [0.15, 0.2) is 24.3 Å². The third-order valence-corrected chi connectivity index (χ3v) is 5.02. The Labute approximate surface area is 106 Å². The molecule has 0 bridgehead atoms. The molecule has 100 valence electrons. The minimum absolute atomic E-state index is 0.160. The Hall–Kier alpha value is -0.980. The molecule has 0 amide bonds. The standard InChI is InChI=1S/C12H16FNO3S/c1-17-7-12(14)10(11(12)18(2,15)16)8-3-5-9(13)6-4-8/h3-6,10-11H,7,14H2,1-2H3/t10-,11-,12-/m0/s1. The molecule has 2 rings (SSSR count). The van der Waals surface area contributed by atoms with E-state index in [9.17, 15) is 12.8 Å².